The number of rotatable bonds is 13. The van der Waals surface area contributed by atoms with Gasteiger partial charge < -0.3 is 23.5 Å². The minimum absolute atomic E-state index is 0.151. The van der Waals surface area contributed by atoms with E-state index >= 15 is 0 Å². The highest BCUT2D eigenvalue weighted by Gasteiger charge is 2.41. The van der Waals surface area contributed by atoms with Gasteiger partial charge in [-0.25, -0.2) is 9.69 Å². The van der Waals surface area contributed by atoms with Crippen molar-refractivity contribution in [2.24, 2.45) is 0 Å². The molecule has 9 heteroatoms. The smallest absolute Gasteiger partial charge is 0.417 e. The standard InChI is InChI=1S/C36H35N3O6/c1-38(35-37-31-14-8-9-15-32(31)45-35)20-21-42-30-18-16-27(17-19-30)23-33(43-24-28-12-6-3-7-13-28)34(40)39-29(25-44-36(39)41)22-26-10-4-2-5-11-26/h2-19,29,33H,20-25H2,1H3/t29-,33-/m0/s1. The van der Waals surface area contributed by atoms with E-state index in [1.54, 1.807) is 0 Å². The summed E-state index contributed by atoms with van der Waals surface area (Å²) < 4.78 is 23.3. The van der Waals surface area contributed by atoms with Gasteiger partial charge in [0.05, 0.1) is 19.2 Å². The number of benzene rings is 4. The topological polar surface area (TPSA) is 94.3 Å². The third-order valence-corrected chi connectivity index (χ3v) is 7.73. The van der Waals surface area contributed by atoms with Crippen molar-refractivity contribution in [1.29, 1.82) is 0 Å². The third-order valence-electron chi connectivity index (χ3n) is 7.73. The van der Waals surface area contributed by atoms with Crippen molar-refractivity contribution in [3.63, 3.8) is 0 Å². The fourth-order valence-corrected chi connectivity index (χ4v) is 5.27. The summed E-state index contributed by atoms with van der Waals surface area (Å²) in [6, 6.07) is 34.8. The largest absolute Gasteiger partial charge is 0.492 e. The molecule has 6 rings (SSSR count). The molecule has 1 fully saturated rings. The number of nitrogens with zero attached hydrogens (tertiary/aromatic N) is 3. The molecule has 0 aliphatic carbocycles. The van der Waals surface area contributed by atoms with Crippen LogP contribution in [0.2, 0.25) is 0 Å². The van der Waals surface area contributed by atoms with E-state index in [4.69, 9.17) is 18.6 Å². The molecule has 230 valence electrons. The highest BCUT2D eigenvalue weighted by Crippen LogP contribution is 2.23. The van der Waals surface area contributed by atoms with Crippen molar-refractivity contribution >= 4 is 29.1 Å². The van der Waals surface area contributed by atoms with E-state index < -0.39 is 24.1 Å². The number of carbonyl (C=O) groups is 2. The number of fused-ring (bicyclic) bond motifs is 1. The first kappa shape index (κ1) is 29.9. The Balaban J connectivity index is 1.09. The lowest BCUT2D eigenvalue weighted by Crippen LogP contribution is -2.47. The van der Waals surface area contributed by atoms with Crippen LogP contribution in [0.1, 0.15) is 16.7 Å². The quantitative estimate of drug-likeness (QED) is 0.160. The van der Waals surface area contributed by atoms with Gasteiger partial charge in [-0.05, 0) is 47.4 Å². The molecule has 0 saturated carbocycles. The first-order chi connectivity index (χ1) is 22.0. The molecule has 1 aliphatic heterocycles. The highest BCUT2D eigenvalue weighted by atomic mass is 16.6. The highest BCUT2D eigenvalue weighted by molar-refractivity contribution is 5.96. The number of cyclic esters (lactones) is 1. The summed E-state index contributed by atoms with van der Waals surface area (Å²) >= 11 is 0. The molecule has 2 heterocycles. The number of likely N-dealkylation sites (N-methyl/N-ethyl adjacent to an activating group) is 1. The van der Waals surface area contributed by atoms with Crippen LogP contribution >= 0.6 is 0 Å². The van der Waals surface area contributed by atoms with E-state index in [1.165, 1.54) is 4.90 Å². The predicted molar refractivity (Wildman–Crippen MR) is 170 cm³/mol. The van der Waals surface area contributed by atoms with Crippen LogP contribution in [0, 0.1) is 0 Å². The minimum atomic E-state index is -0.883. The fraction of sp³-hybridized carbons (Fsp3) is 0.250. The van der Waals surface area contributed by atoms with Crippen LogP contribution < -0.4 is 9.64 Å². The Bertz CT molecular complexity index is 1670. The lowest BCUT2D eigenvalue weighted by molar-refractivity contribution is -0.142. The van der Waals surface area contributed by atoms with Crippen molar-refractivity contribution < 1.29 is 28.2 Å². The number of para-hydroxylation sites is 2. The number of carbonyl (C=O) groups excluding carboxylic acids is 2. The van der Waals surface area contributed by atoms with Crippen LogP contribution in [0.3, 0.4) is 0 Å². The monoisotopic (exact) mass is 605 g/mol. The second kappa shape index (κ2) is 14.1. The molecule has 0 unspecified atom stereocenters. The Labute approximate surface area is 261 Å². The maximum Gasteiger partial charge on any atom is 0.417 e. The second-order valence-electron chi connectivity index (χ2n) is 11.0. The molecule has 0 N–H and O–H groups in total. The predicted octanol–water partition coefficient (Wildman–Crippen LogP) is 6.06. The van der Waals surface area contributed by atoms with Gasteiger partial charge in [-0.3, -0.25) is 4.79 Å². The van der Waals surface area contributed by atoms with Gasteiger partial charge in [0.15, 0.2) is 5.58 Å². The van der Waals surface area contributed by atoms with Gasteiger partial charge in [0.1, 0.15) is 30.6 Å². The average Bonchev–Trinajstić information content (AvgIpc) is 3.67. The van der Waals surface area contributed by atoms with Gasteiger partial charge in [0, 0.05) is 13.5 Å². The second-order valence-corrected chi connectivity index (χ2v) is 11.0. The first-order valence-corrected chi connectivity index (χ1v) is 15.0. The number of hydrogen-bond acceptors (Lipinski definition) is 8. The number of ether oxygens (including phenoxy) is 3. The van der Waals surface area contributed by atoms with Crippen molar-refractivity contribution in [2.75, 3.05) is 31.7 Å². The Kier molecular flexibility index (Phi) is 9.36. The van der Waals surface area contributed by atoms with Crippen LogP contribution in [0.5, 0.6) is 5.75 Å². The van der Waals surface area contributed by atoms with E-state index in [-0.39, 0.29) is 19.6 Å². The van der Waals surface area contributed by atoms with Gasteiger partial charge in [0.25, 0.3) is 11.9 Å². The number of anilines is 1. The number of amides is 2. The SMILES string of the molecule is CN(CCOc1ccc(C[C@H](OCc2ccccc2)C(=O)N2C(=O)OC[C@@H]2Cc2ccccc2)cc1)c1nc2ccccc2o1. The van der Waals surface area contributed by atoms with E-state index in [0.29, 0.717) is 31.3 Å². The van der Waals surface area contributed by atoms with Gasteiger partial charge in [-0.1, -0.05) is 84.9 Å². The fourth-order valence-electron chi connectivity index (χ4n) is 5.27. The Morgan fingerprint density at radius 3 is 2.33 bits per heavy atom. The summed E-state index contributed by atoms with van der Waals surface area (Å²) in [7, 11) is 1.91. The molecule has 4 aromatic carbocycles. The Morgan fingerprint density at radius 2 is 1.60 bits per heavy atom. The summed E-state index contributed by atoms with van der Waals surface area (Å²) in [5.74, 6) is 0.292. The zero-order valence-electron chi connectivity index (χ0n) is 25.1. The zero-order chi connectivity index (χ0) is 31.0. The number of imide groups is 1. The van der Waals surface area contributed by atoms with E-state index in [2.05, 4.69) is 4.98 Å². The van der Waals surface area contributed by atoms with Crippen molar-refractivity contribution in [3.05, 3.63) is 126 Å². The molecule has 0 bridgehead atoms. The maximum atomic E-state index is 13.9. The molecular weight excluding hydrogens is 570 g/mol. The number of hydrogen-bond donors (Lipinski definition) is 0. The summed E-state index contributed by atoms with van der Waals surface area (Å²) in [5.41, 5.74) is 4.40. The molecule has 1 saturated heterocycles. The molecule has 2 atom stereocenters. The van der Waals surface area contributed by atoms with Crippen LogP contribution in [-0.4, -0.2) is 60.8 Å². The third kappa shape index (κ3) is 7.50. The molecule has 1 aliphatic rings. The molecule has 2 amide bonds. The normalized spacial score (nSPS) is 15.2. The van der Waals surface area contributed by atoms with Crippen molar-refractivity contribution in [2.45, 2.75) is 31.6 Å². The maximum absolute atomic E-state index is 13.9. The van der Waals surface area contributed by atoms with E-state index in [9.17, 15) is 9.59 Å². The molecule has 45 heavy (non-hydrogen) atoms. The van der Waals surface area contributed by atoms with Gasteiger partial charge in [0.2, 0.25) is 0 Å². The molecular formula is C36H35N3O6. The molecule has 0 radical (unpaired) electrons. The van der Waals surface area contributed by atoms with Gasteiger partial charge in [-0.2, -0.15) is 4.98 Å². The van der Waals surface area contributed by atoms with Crippen LogP contribution in [-0.2, 0) is 33.7 Å². The van der Waals surface area contributed by atoms with Gasteiger partial charge in [-0.15, -0.1) is 0 Å². The summed E-state index contributed by atoms with van der Waals surface area (Å²) in [4.78, 5) is 34.3. The minimum Gasteiger partial charge on any atom is -0.492 e. The van der Waals surface area contributed by atoms with E-state index in [0.717, 1.165) is 27.8 Å². The molecule has 0 spiro atoms. The number of oxazole rings is 1. The molecule has 9 nitrogen and oxygen atoms in total. The van der Waals surface area contributed by atoms with Crippen molar-refractivity contribution in [3.8, 4) is 5.75 Å². The van der Waals surface area contributed by atoms with Crippen molar-refractivity contribution in [1.82, 2.24) is 9.88 Å². The zero-order valence-corrected chi connectivity index (χ0v) is 25.1. The summed E-state index contributed by atoms with van der Waals surface area (Å²) in [6.07, 6.45) is -0.724. The average molecular weight is 606 g/mol. The lowest BCUT2D eigenvalue weighted by atomic mass is 10.0. The van der Waals surface area contributed by atoms with Crippen LogP contribution in [0.4, 0.5) is 10.8 Å². The Morgan fingerprint density at radius 1 is 0.911 bits per heavy atom. The lowest BCUT2D eigenvalue weighted by Gasteiger charge is -2.25. The molecule has 5 aromatic rings. The first-order valence-electron chi connectivity index (χ1n) is 15.0. The summed E-state index contributed by atoms with van der Waals surface area (Å²) in [5, 5.41) is 0. The van der Waals surface area contributed by atoms with Crippen LogP contribution in [0.25, 0.3) is 11.1 Å². The molecule has 1 aromatic heterocycles. The summed E-state index contributed by atoms with van der Waals surface area (Å²) in [6.45, 7) is 1.39. The van der Waals surface area contributed by atoms with Crippen LogP contribution in [0.15, 0.2) is 114 Å². The number of aromatic nitrogens is 1. The Hall–Kier alpha value is -5.15. The van der Waals surface area contributed by atoms with Gasteiger partial charge >= 0.3 is 6.09 Å². The van der Waals surface area contributed by atoms with E-state index in [1.807, 2.05) is 121 Å².